The van der Waals surface area contributed by atoms with Gasteiger partial charge in [-0.15, -0.1) is 0 Å². The van der Waals surface area contributed by atoms with Crippen LogP contribution in [-0.2, 0) is 6.54 Å². The number of nitrogens with one attached hydrogen (secondary N) is 1. The molecular formula is C21H26N6O. The van der Waals surface area contributed by atoms with Crippen LogP contribution in [0, 0.1) is 12.8 Å². The molecule has 1 aromatic carbocycles. The Morgan fingerprint density at radius 1 is 1.18 bits per heavy atom. The highest BCUT2D eigenvalue weighted by atomic mass is 16.2. The minimum Gasteiger partial charge on any atom is -0.354 e. The maximum absolute atomic E-state index is 13.1. The number of aromatic amines is 1. The lowest BCUT2D eigenvalue weighted by Crippen LogP contribution is -2.36. The Morgan fingerprint density at radius 3 is 2.57 bits per heavy atom. The summed E-state index contributed by atoms with van der Waals surface area (Å²) in [5.74, 6) is 1.34. The number of hydrogen-bond acceptors (Lipinski definition) is 5. The second kappa shape index (κ2) is 8.65. The molecule has 2 heterocycles. The van der Waals surface area contributed by atoms with Gasteiger partial charge in [-0.25, -0.2) is 9.97 Å². The third-order valence-electron chi connectivity index (χ3n) is 4.31. The van der Waals surface area contributed by atoms with Gasteiger partial charge in [0.2, 0.25) is 5.95 Å². The second-order valence-corrected chi connectivity index (χ2v) is 7.32. The number of carbonyl (C=O) groups excluding carboxylic acids is 1. The Hall–Kier alpha value is -3.22. The van der Waals surface area contributed by atoms with Crippen molar-refractivity contribution in [3.8, 4) is 0 Å². The first-order valence-corrected chi connectivity index (χ1v) is 9.34. The van der Waals surface area contributed by atoms with Gasteiger partial charge in [-0.05, 0) is 31.0 Å². The molecule has 0 aliphatic heterocycles. The molecule has 0 aliphatic rings. The van der Waals surface area contributed by atoms with Crippen LogP contribution in [0.25, 0.3) is 0 Å². The molecule has 0 atom stereocenters. The van der Waals surface area contributed by atoms with Gasteiger partial charge in [0.15, 0.2) is 0 Å². The first-order valence-electron chi connectivity index (χ1n) is 9.34. The average molecular weight is 378 g/mol. The van der Waals surface area contributed by atoms with E-state index in [4.69, 9.17) is 0 Å². The SMILES string of the molecule is Cc1ccc(C(=O)N(CC(C)C)c2nccc(N(C)Cc3cnc[nH]3)n2)cc1. The van der Waals surface area contributed by atoms with Crippen LogP contribution in [0.1, 0.15) is 35.5 Å². The molecule has 0 fully saturated rings. The quantitative estimate of drug-likeness (QED) is 0.681. The first kappa shape index (κ1) is 19.5. The van der Waals surface area contributed by atoms with Crippen molar-refractivity contribution in [1.29, 1.82) is 0 Å². The summed E-state index contributed by atoms with van der Waals surface area (Å²) in [6.45, 7) is 7.32. The molecule has 28 heavy (non-hydrogen) atoms. The van der Waals surface area contributed by atoms with Crippen LogP contribution in [0.3, 0.4) is 0 Å². The molecule has 0 bridgehead atoms. The predicted octanol–water partition coefficient (Wildman–Crippen LogP) is 3.45. The number of H-pyrrole nitrogens is 1. The molecule has 2 aromatic heterocycles. The number of aromatic nitrogens is 4. The molecule has 3 aromatic rings. The molecule has 0 saturated heterocycles. The fourth-order valence-electron chi connectivity index (χ4n) is 2.86. The molecular weight excluding hydrogens is 352 g/mol. The highest BCUT2D eigenvalue weighted by Gasteiger charge is 2.22. The fourth-order valence-corrected chi connectivity index (χ4v) is 2.86. The minimum absolute atomic E-state index is 0.0953. The molecule has 0 spiro atoms. The Bertz CT molecular complexity index is 905. The molecule has 0 aliphatic carbocycles. The van der Waals surface area contributed by atoms with Gasteiger partial charge in [0, 0.05) is 31.5 Å². The summed E-state index contributed by atoms with van der Waals surface area (Å²) in [6, 6.07) is 9.41. The van der Waals surface area contributed by atoms with Crippen molar-refractivity contribution >= 4 is 17.7 Å². The zero-order valence-electron chi connectivity index (χ0n) is 16.8. The van der Waals surface area contributed by atoms with Crippen molar-refractivity contribution in [2.75, 3.05) is 23.4 Å². The summed E-state index contributed by atoms with van der Waals surface area (Å²) in [5.41, 5.74) is 2.73. The van der Waals surface area contributed by atoms with Gasteiger partial charge < -0.3 is 9.88 Å². The number of benzene rings is 1. The largest absolute Gasteiger partial charge is 0.354 e. The highest BCUT2D eigenvalue weighted by Crippen LogP contribution is 2.19. The maximum Gasteiger partial charge on any atom is 0.260 e. The summed E-state index contributed by atoms with van der Waals surface area (Å²) in [4.78, 5) is 33.0. The molecule has 0 saturated carbocycles. The van der Waals surface area contributed by atoms with Gasteiger partial charge >= 0.3 is 0 Å². The van der Waals surface area contributed by atoms with Crippen LogP contribution in [0.2, 0.25) is 0 Å². The molecule has 1 amide bonds. The predicted molar refractivity (Wildman–Crippen MR) is 110 cm³/mol. The Labute approximate surface area is 165 Å². The number of carbonyl (C=O) groups is 1. The number of nitrogens with zero attached hydrogens (tertiary/aromatic N) is 5. The van der Waals surface area contributed by atoms with Gasteiger partial charge in [-0.1, -0.05) is 31.5 Å². The van der Waals surface area contributed by atoms with Crippen LogP contribution >= 0.6 is 0 Å². The maximum atomic E-state index is 13.1. The molecule has 0 unspecified atom stereocenters. The van der Waals surface area contributed by atoms with E-state index >= 15 is 0 Å². The van der Waals surface area contributed by atoms with E-state index in [2.05, 4.69) is 33.8 Å². The number of hydrogen-bond donors (Lipinski definition) is 1. The van der Waals surface area contributed by atoms with Crippen LogP contribution in [0.15, 0.2) is 49.1 Å². The number of anilines is 2. The lowest BCUT2D eigenvalue weighted by Gasteiger charge is -2.24. The zero-order chi connectivity index (χ0) is 20.1. The fraction of sp³-hybridized carbons (Fsp3) is 0.333. The van der Waals surface area contributed by atoms with Crippen molar-refractivity contribution in [2.45, 2.75) is 27.3 Å². The normalized spacial score (nSPS) is 10.9. The lowest BCUT2D eigenvalue weighted by atomic mass is 10.1. The van der Waals surface area contributed by atoms with E-state index in [9.17, 15) is 4.79 Å². The van der Waals surface area contributed by atoms with Crippen molar-refractivity contribution in [2.24, 2.45) is 5.92 Å². The third-order valence-corrected chi connectivity index (χ3v) is 4.31. The van der Waals surface area contributed by atoms with E-state index in [1.54, 1.807) is 23.6 Å². The van der Waals surface area contributed by atoms with Gasteiger partial charge in [0.1, 0.15) is 5.82 Å². The molecule has 1 N–H and O–H groups in total. The minimum atomic E-state index is -0.0953. The number of amides is 1. The topological polar surface area (TPSA) is 78.0 Å². The van der Waals surface area contributed by atoms with E-state index in [-0.39, 0.29) is 11.8 Å². The highest BCUT2D eigenvalue weighted by molar-refractivity contribution is 6.05. The number of aryl methyl sites for hydroxylation is 1. The number of rotatable bonds is 7. The van der Waals surface area contributed by atoms with Crippen LogP contribution in [0.5, 0.6) is 0 Å². The Kier molecular flexibility index (Phi) is 6.03. The standard InChI is InChI=1S/C21H26N6O/c1-15(2)12-27(20(28)17-7-5-16(3)6-8-17)21-23-10-9-19(25-21)26(4)13-18-11-22-14-24-18/h5-11,14-15H,12-13H2,1-4H3,(H,22,24). The first-order chi connectivity index (χ1) is 13.4. The molecule has 7 nitrogen and oxygen atoms in total. The van der Waals surface area contributed by atoms with Crippen molar-refractivity contribution < 1.29 is 4.79 Å². The van der Waals surface area contributed by atoms with Crippen LogP contribution in [0.4, 0.5) is 11.8 Å². The zero-order valence-corrected chi connectivity index (χ0v) is 16.8. The Morgan fingerprint density at radius 2 is 1.93 bits per heavy atom. The van der Waals surface area contributed by atoms with E-state index < -0.39 is 0 Å². The van der Waals surface area contributed by atoms with Crippen LogP contribution in [-0.4, -0.2) is 39.4 Å². The lowest BCUT2D eigenvalue weighted by molar-refractivity contribution is 0.0982. The summed E-state index contributed by atoms with van der Waals surface area (Å²) in [7, 11) is 1.95. The van der Waals surface area contributed by atoms with Gasteiger partial charge in [0.25, 0.3) is 5.91 Å². The summed E-state index contributed by atoms with van der Waals surface area (Å²) in [6.07, 6.45) is 5.13. The molecule has 146 valence electrons. The van der Waals surface area contributed by atoms with Gasteiger partial charge in [-0.3, -0.25) is 9.69 Å². The smallest absolute Gasteiger partial charge is 0.260 e. The monoisotopic (exact) mass is 378 g/mol. The van der Waals surface area contributed by atoms with Crippen LogP contribution < -0.4 is 9.80 Å². The van der Waals surface area contributed by atoms with Crippen molar-refractivity contribution in [3.63, 3.8) is 0 Å². The molecule has 7 heteroatoms. The van der Waals surface area contributed by atoms with E-state index in [1.807, 2.05) is 49.2 Å². The van der Waals surface area contributed by atoms with E-state index in [1.165, 1.54) is 0 Å². The van der Waals surface area contributed by atoms with Gasteiger partial charge in [-0.2, -0.15) is 4.98 Å². The molecule has 0 radical (unpaired) electrons. The second-order valence-electron chi connectivity index (χ2n) is 7.32. The van der Waals surface area contributed by atoms with Crippen molar-refractivity contribution in [1.82, 2.24) is 19.9 Å². The van der Waals surface area contributed by atoms with E-state index in [0.717, 1.165) is 17.1 Å². The van der Waals surface area contributed by atoms with E-state index in [0.29, 0.717) is 24.6 Å². The van der Waals surface area contributed by atoms with Crippen molar-refractivity contribution in [3.05, 3.63) is 65.9 Å². The average Bonchev–Trinajstić information content (AvgIpc) is 3.19. The third kappa shape index (κ3) is 4.73. The Balaban J connectivity index is 1.87. The summed E-state index contributed by atoms with van der Waals surface area (Å²) < 4.78 is 0. The summed E-state index contributed by atoms with van der Waals surface area (Å²) >= 11 is 0. The molecule has 3 rings (SSSR count). The summed E-state index contributed by atoms with van der Waals surface area (Å²) in [5, 5.41) is 0. The number of imidazole rings is 1. The van der Waals surface area contributed by atoms with Gasteiger partial charge in [0.05, 0.1) is 18.6 Å².